The summed E-state index contributed by atoms with van der Waals surface area (Å²) in [6.45, 7) is 1.96. The summed E-state index contributed by atoms with van der Waals surface area (Å²) in [6, 6.07) is 3.58. The van der Waals surface area contributed by atoms with E-state index in [0.717, 1.165) is 18.3 Å². The number of likely N-dealkylation sites (N-methyl/N-ethyl adjacent to an activating group) is 1. The summed E-state index contributed by atoms with van der Waals surface area (Å²) in [4.78, 5) is 32.1. The van der Waals surface area contributed by atoms with Gasteiger partial charge in [0.25, 0.3) is 0 Å². The molecule has 0 atom stereocenters. The third-order valence-corrected chi connectivity index (χ3v) is 2.12. The Labute approximate surface area is 113 Å². The molecule has 0 aliphatic heterocycles. The predicted molar refractivity (Wildman–Crippen MR) is 69.2 cm³/mol. The highest BCUT2D eigenvalue weighted by molar-refractivity contribution is 6.35. The molecule has 0 heterocycles. The highest BCUT2D eigenvalue weighted by Gasteiger charge is 2.13. The van der Waals surface area contributed by atoms with E-state index in [1.807, 2.05) is 5.43 Å². The molecule has 2 amide bonds. The monoisotopic (exact) mass is 280 g/mol. The van der Waals surface area contributed by atoms with Gasteiger partial charge in [0.05, 0.1) is 11.1 Å². The zero-order valence-corrected chi connectivity index (χ0v) is 10.5. The minimum absolute atomic E-state index is 0.283. The molecule has 1 aromatic carbocycles. The largest absolute Gasteiger partial charge is 0.502 e. The Kier molecular flexibility index (Phi) is 5.15. The van der Waals surface area contributed by atoms with Crippen LogP contribution in [0.25, 0.3) is 0 Å². The number of phenols is 1. The van der Waals surface area contributed by atoms with E-state index in [-0.39, 0.29) is 5.56 Å². The van der Waals surface area contributed by atoms with E-state index in [9.17, 15) is 24.8 Å². The Balaban J connectivity index is 2.72. The third-order valence-electron chi connectivity index (χ3n) is 2.12. The summed E-state index contributed by atoms with van der Waals surface area (Å²) >= 11 is 0. The number of carbonyl (C=O) groups excluding carboxylic acids is 2. The summed E-state index contributed by atoms with van der Waals surface area (Å²) in [5.41, 5.74) is 1.77. The van der Waals surface area contributed by atoms with Gasteiger partial charge in [0.1, 0.15) is 0 Å². The fraction of sp³-hybridized carbons (Fsp3) is 0.182. The smallest absolute Gasteiger partial charge is 0.329 e. The number of nitrogens with one attached hydrogen (secondary N) is 2. The Morgan fingerprint density at radius 2 is 2.15 bits per heavy atom. The molecule has 0 spiro atoms. The van der Waals surface area contributed by atoms with Crippen LogP contribution in [-0.4, -0.2) is 34.6 Å². The van der Waals surface area contributed by atoms with Crippen molar-refractivity contribution in [3.05, 3.63) is 33.9 Å². The number of phenolic OH excluding ortho intramolecular Hbond substituents is 1. The highest BCUT2D eigenvalue weighted by atomic mass is 16.6. The van der Waals surface area contributed by atoms with Gasteiger partial charge in [-0.3, -0.25) is 19.7 Å². The predicted octanol–water partition coefficient (Wildman–Crippen LogP) is -0.113. The topological polar surface area (TPSA) is 134 Å². The number of hydrogen-bond acceptors (Lipinski definition) is 6. The summed E-state index contributed by atoms with van der Waals surface area (Å²) < 4.78 is 0. The zero-order chi connectivity index (χ0) is 15.1. The van der Waals surface area contributed by atoms with Crippen molar-refractivity contribution in [3.63, 3.8) is 0 Å². The number of benzene rings is 1. The summed E-state index contributed by atoms with van der Waals surface area (Å²) in [5.74, 6) is -2.25. The minimum Gasteiger partial charge on any atom is -0.502 e. The molecular formula is C11H12N4O5. The van der Waals surface area contributed by atoms with Crippen molar-refractivity contribution >= 4 is 23.7 Å². The summed E-state index contributed by atoms with van der Waals surface area (Å²) in [6.07, 6.45) is 1.11. The maximum atomic E-state index is 11.2. The van der Waals surface area contributed by atoms with Gasteiger partial charge in [-0.05, 0) is 19.1 Å². The average molecular weight is 280 g/mol. The normalized spacial score (nSPS) is 10.2. The molecule has 0 unspecified atom stereocenters. The van der Waals surface area contributed by atoms with Crippen molar-refractivity contribution in [3.8, 4) is 5.75 Å². The molecule has 0 saturated carbocycles. The molecule has 0 aliphatic carbocycles. The lowest BCUT2D eigenvalue weighted by molar-refractivity contribution is -0.385. The SMILES string of the molecule is CCNC(=O)C(=O)N/N=C\c1ccc(O)c([N+](=O)[O-])c1. The molecule has 1 rings (SSSR count). The lowest BCUT2D eigenvalue weighted by atomic mass is 10.2. The van der Waals surface area contributed by atoms with Crippen LogP contribution in [-0.2, 0) is 9.59 Å². The average Bonchev–Trinajstić information content (AvgIpc) is 2.40. The number of hydrazone groups is 1. The quantitative estimate of drug-likeness (QED) is 0.306. The first-order valence-electron chi connectivity index (χ1n) is 5.54. The van der Waals surface area contributed by atoms with Crippen LogP contribution >= 0.6 is 0 Å². The Hall–Kier alpha value is -2.97. The van der Waals surface area contributed by atoms with E-state index in [0.29, 0.717) is 6.54 Å². The minimum atomic E-state index is -0.948. The van der Waals surface area contributed by atoms with Crippen LogP contribution in [0, 0.1) is 10.1 Å². The van der Waals surface area contributed by atoms with Crippen molar-refractivity contribution in [2.75, 3.05) is 6.54 Å². The number of carbonyl (C=O) groups is 2. The van der Waals surface area contributed by atoms with Crippen molar-refractivity contribution in [2.45, 2.75) is 6.92 Å². The van der Waals surface area contributed by atoms with Crippen LogP contribution in [0.2, 0.25) is 0 Å². The fourth-order valence-corrected chi connectivity index (χ4v) is 1.22. The van der Waals surface area contributed by atoms with Crippen molar-refractivity contribution in [1.82, 2.24) is 10.7 Å². The standard InChI is InChI=1S/C11H12N4O5/c1-2-12-10(17)11(18)14-13-6-7-3-4-9(16)8(5-7)15(19)20/h3-6,16H,2H2,1H3,(H,12,17)(H,14,18)/b13-6-. The maximum Gasteiger partial charge on any atom is 0.329 e. The van der Waals surface area contributed by atoms with Gasteiger partial charge in [-0.1, -0.05) is 0 Å². The number of rotatable bonds is 4. The number of nitro benzene ring substituents is 1. The van der Waals surface area contributed by atoms with E-state index in [1.54, 1.807) is 6.92 Å². The van der Waals surface area contributed by atoms with E-state index in [4.69, 9.17) is 0 Å². The molecule has 0 saturated heterocycles. The Morgan fingerprint density at radius 3 is 2.75 bits per heavy atom. The van der Waals surface area contributed by atoms with Crippen LogP contribution in [0.1, 0.15) is 12.5 Å². The second-order valence-corrected chi connectivity index (χ2v) is 3.56. The molecule has 106 valence electrons. The van der Waals surface area contributed by atoms with Crippen molar-refractivity contribution in [1.29, 1.82) is 0 Å². The van der Waals surface area contributed by atoms with Crippen molar-refractivity contribution in [2.24, 2.45) is 5.10 Å². The van der Waals surface area contributed by atoms with Gasteiger partial charge < -0.3 is 10.4 Å². The first-order chi connectivity index (χ1) is 9.45. The first-order valence-corrected chi connectivity index (χ1v) is 5.54. The summed E-state index contributed by atoms with van der Waals surface area (Å²) in [7, 11) is 0. The molecule has 9 nitrogen and oxygen atoms in total. The molecule has 0 radical (unpaired) electrons. The van der Waals surface area contributed by atoms with Gasteiger partial charge in [-0.15, -0.1) is 0 Å². The Morgan fingerprint density at radius 1 is 1.45 bits per heavy atom. The zero-order valence-electron chi connectivity index (χ0n) is 10.5. The van der Waals surface area contributed by atoms with Gasteiger partial charge in [-0.25, -0.2) is 5.43 Å². The third kappa shape index (κ3) is 4.05. The second kappa shape index (κ2) is 6.83. The molecule has 0 aliphatic rings. The molecular weight excluding hydrogens is 268 g/mol. The number of amides is 2. The van der Waals surface area contributed by atoms with E-state index < -0.39 is 28.2 Å². The van der Waals surface area contributed by atoms with Gasteiger partial charge in [-0.2, -0.15) is 5.10 Å². The Bertz CT molecular complexity index is 570. The molecule has 0 aromatic heterocycles. The molecule has 1 aromatic rings. The molecule has 3 N–H and O–H groups in total. The van der Waals surface area contributed by atoms with Crippen LogP contribution < -0.4 is 10.7 Å². The molecule has 0 bridgehead atoms. The fourth-order valence-electron chi connectivity index (χ4n) is 1.22. The second-order valence-electron chi connectivity index (χ2n) is 3.56. The molecule has 20 heavy (non-hydrogen) atoms. The highest BCUT2D eigenvalue weighted by Crippen LogP contribution is 2.25. The van der Waals surface area contributed by atoms with E-state index >= 15 is 0 Å². The number of nitro groups is 1. The van der Waals surface area contributed by atoms with Gasteiger partial charge in [0, 0.05) is 18.2 Å². The van der Waals surface area contributed by atoms with Crippen molar-refractivity contribution < 1.29 is 19.6 Å². The van der Waals surface area contributed by atoms with Crippen LogP contribution in [0.3, 0.4) is 0 Å². The lowest BCUT2D eigenvalue weighted by Crippen LogP contribution is -2.37. The molecule has 9 heteroatoms. The van der Waals surface area contributed by atoms with Crippen LogP contribution in [0.15, 0.2) is 23.3 Å². The lowest BCUT2D eigenvalue weighted by Gasteiger charge is -2.00. The van der Waals surface area contributed by atoms with Crippen LogP contribution in [0.4, 0.5) is 5.69 Å². The van der Waals surface area contributed by atoms with Gasteiger partial charge in [0.15, 0.2) is 5.75 Å². The number of aromatic hydroxyl groups is 1. The summed E-state index contributed by atoms with van der Waals surface area (Å²) in [5, 5.41) is 25.6. The van der Waals surface area contributed by atoms with Crippen LogP contribution in [0.5, 0.6) is 5.75 Å². The van der Waals surface area contributed by atoms with Gasteiger partial charge >= 0.3 is 17.5 Å². The number of hydrogen-bond donors (Lipinski definition) is 3. The number of nitrogens with zero attached hydrogens (tertiary/aromatic N) is 2. The van der Waals surface area contributed by atoms with E-state index in [1.165, 1.54) is 6.07 Å². The van der Waals surface area contributed by atoms with Gasteiger partial charge in [0.2, 0.25) is 0 Å². The first kappa shape index (κ1) is 15.1. The van der Waals surface area contributed by atoms with E-state index in [2.05, 4.69) is 10.4 Å². The molecule has 0 fully saturated rings. The maximum absolute atomic E-state index is 11.2.